The number of carbonyl (C=O) groups excluding carboxylic acids is 2. The summed E-state index contributed by atoms with van der Waals surface area (Å²) in [6.07, 6.45) is 0. The third-order valence-electron chi connectivity index (χ3n) is 5.06. The number of nitrogens with zero attached hydrogens (tertiary/aromatic N) is 2. The lowest BCUT2D eigenvalue weighted by molar-refractivity contribution is 0.0522. The van der Waals surface area contributed by atoms with Gasteiger partial charge in [-0.1, -0.05) is 0 Å². The monoisotopic (exact) mass is 387 g/mol. The molecule has 0 atom stereocenters. The van der Waals surface area contributed by atoms with Crippen molar-refractivity contribution in [1.82, 2.24) is 9.88 Å². The molecule has 6 nitrogen and oxygen atoms in total. The van der Waals surface area contributed by atoms with Crippen molar-refractivity contribution in [3.05, 3.63) is 52.6 Å². The molecule has 0 bridgehead atoms. The van der Waals surface area contributed by atoms with Crippen molar-refractivity contribution < 1.29 is 18.7 Å². The topological polar surface area (TPSA) is 65.6 Å². The number of esters is 1. The van der Waals surface area contributed by atoms with E-state index in [1.54, 1.807) is 32.9 Å². The maximum atomic E-state index is 13.1. The van der Waals surface area contributed by atoms with Crippen LogP contribution in [0.1, 0.15) is 39.0 Å². The number of aromatic amines is 1. The quantitative estimate of drug-likeness (QED) is 0.610. The van der Waals surface area contributed by atoms with Crippen LogP contribution in [-0.4, -0.2) is 61.0 Å². The Kier molecular flexibility index (Phi) is 6.14. The Balaban J connectivity index is 1.65. The van der Waals surface area contributed by atoms with Gasteiger partial charge in [-0.15, -0.1) is 0 Å². The van der Waals surface area contributed by atoms with Crippen LogP contribution in [0.15, 0.2) is 24.3 Å². The molecule has 3 rings (SSSR count). The molecule has 150 valence electrons. The minimum atomic E-state index is -0.464. The van der Waals surface area contributed by atoms with Crippen LogP contribution in [-0.2, 0) is 4.74 Å². The van der Waals surface area contributed by atoms with E-state index in [0.717, 1.165) is 31.9 Å². The first kappa shape index (κ1) is 20.1. The second kappa shape index (κ2) is 8.56. The smallest absolute Gasteiger partial charge is 0.340 e. The number of hydrogen-bond acceptors (Lipinski definition) is 5. The number of ether oxygens (including phenoxy) is 1. The molecule has 1 aliphatic heterocycles. The van der Waals surface area contributed by atoms with Crippen LogP contribution in [0.25, 0.3) is 0 Å². The van der Waals surface area contributed by atoms with E-state index in [-0.39, 0.29) is 24.8 Å². The molecule has 1 aromatic heterocycles. The van der Waals surface area contributed by atoms with Crippen molar-refractivity contribution in [2.24, 2.45) is 0 Å². The highest BCUT2D eigenvalue weighted by Crippen LogP contribution is 2.22. The molecular weight excluding hydrogens is 361 g/mol. The molecule has 0 saturated carbocycles. The number of halogens is 1. The Morgan fingerprint density at radius 1 is 1.04 bits per heavy atom. The number of H-pyrrole nitrogens is 1. The number of piperazine rings is 1. The number of carbonyl (C=O) groups is 2. The number of aryl methyl sites for hydroxylation is 2. The Morgan fingerprint density at radius 2 is 1.64 bits per heavy atom. The van der Waals surface area contributed by atoms with E-state index in [1.807, 2.05) is 0 Å². The Morgan fingerprint density at radius 3 is 2.25 bits per heavy atom. The zero-order valence-corrected chi connectivity index (χ0v) is 16.5. The fraction of sp³-hybridized carbons (Fsp3) is 0.429. The van der Waals surface area contributed by atoms with Crippen molar-refractivity contribution in [1.29, 1.82) is 0 Å². The van der Waals surface area contributed by atoms with Crippen LogP contribution in [0.5, 0.6) is 0 Å². The van der Waals surface area contributed by atoms with Gasteiger partial charge in [0.1, 0.15) is 5.82 Å². The first-order valence-corrected chi connectivity index (χ1v) is 9.53. The summed E-state index contributed by atoms with van der Waals surface area (Å²) in [5, 5.41) is 0. The maximum absolute atomic E-state index is 13.1. The molecule has 2 aromatic rings. The molecule has 1 saturated heterocycles. The summed E-state index contributed by atoms with van der Waals surface area (Å²) in [6.45, 7) is 8.80. The number of rotatable bonds is 6. The van der Waals surface area contributed by atoms with Crippen molar-refractivity contribution in [3.63, 3.8) is 0 Å². The van der Waals surface area contributed by atoms with Crippen LogP contribution in [0.2, 0.25) is 0 Å². The third-order valence-corrected chi connectivity index (χ3v) is 5.06. The van der Waals surface area contributed by atoms with Gasteiger partial charge in [-0.05, 0) is 45.0 Å². The molecule has 0 radical (unpaired) electrons. The average Bonchev–Trinajstić information content (AvgIpc) is 2.97. The van der Waals surface area contributed by atoms with E-state index in [0.29, 0.717) is 22.5 Å². The largest absolute Gasteiger partial charge is 0.462 e. The van der Waals surface area contributed by atoms with E-state index >= 15 is 0 Å². The van der Waals surface area contributed by atoms with Gasteiger partial charge in [0, 0.05) is 43.3 Å². The maximum Gasteiger partial charge on any atom is 0.340 e. The van der Waals surface area contributed by atoms with Crippen molar-refractivity contribution >= 4 is 17.4 Å². The number of aromatic nitrogens is 1. The molecule has 7 heteroatoms. The van der Waals surface area contributed by atoms with Crippen LogP contribution < -0.4 is 4.90 Å². The van der Waals surface area contributed by atoms with E-state index < -0.39 is 5.97 Å². The molecule has 1 aliphatic rings. The number of ketones is 1. The lowest BCUT2D eigenvalue weighted by Crippen LogP contribution is -2.48. The van der Waals surface area contributed by atoms with Crippen molar-refractivity contribution in [3.8, 4) is 0 Å². The summed E-state index contributed by atoms with van der Waals surface area (Å²) in [6, 6.07) is 6.46. The second-order valence-electron chi connectivity index (χ2n) is 7.01. The number of anilines is 1. The van der Waals surface area contributed by atoms with Gasteiger partial charge < -0.3 is 14.6 Å². The zero-order chi connectivity index (χ0) is 20.3. The van der Waals surface area contributed by atoms with E-state index in [1.165, 1.54) is 12.1 Å². The summed E-state index contributed by atoms with van der Waals surface area (Å²) in [4.78, 5) is 32.6. The van der Waals surface area contributed by atoms with Gasteiger partial charge in [-0.2, -0.15) is 0 Å². The molecule has 0 unspecified atom stereocenters. The van der Waals surface area contributed by atoms with Crippen LogP contribution >= 0.6 is 0 Å². The zero-order valence-electron chi connectivity index (χ0n) is 16.5. The van der Waals surface area contributed by atoms with E-state index in [9.17, 15) is 14.0 Å². The molecule has 0 aliphatic carbocycles. The standard InChI is InChI=1S/C21H26FN3O3/c1-4-28-21(27)20-15(3)23-14(2)19(20)18(26)13-24-9-11-25(12-10-24)17-7-5-16(22)6-8-17/h5-8,23H,4,9-13H2,1-3H3. The number of nitrogens with one attached hydrogen (secondary N) is 1. The fourth-order valence-electron chi connectivity index (χ4n) is 3.69. The average molecular weight is 387 g/mol. The number of hydrogen-bond donors (Lipinski definition) is 1. The summed E-state index contributed by atoms with van der Waals surface area (Å²) < 4.78 is 18.2. The molecule has 1 fully saturated rings. The normalized spacial score (nSPS) is 14.9. The van der Waals surface area contributed by atoms with Gasteiger partial charge in [0.15, 0.2) is 5.78 Å². The Hall–Kier alpha value is -2.67. The third kappa shape index (κ3) is 4.25. The minimum Gasteiger partial charge on any atom is -0.462 e. The van der Waals surface area contributed by atoms with Crippen LogP contribution in [0, 0.1) is 19.7 Å². The van der Waals surface area contributed by atoms with Gasteiger partial charge in [0.25, 0.3) is 0 Å². The van der Waals surface area contributed by atoms with E-state index in [4.69, 9.17) is 4.74 Å². The van der Waals surface area contributed by atoms with Crippen molar-refractivity contribution in [2.45, 2.75) is 20.8 Å². The molecule has 28 heavy (non-hydrogen) atoms. The number of benzene rings is 1. The summed E-state index contributed by atoms with van der Waals surface area (Å²) >= 11 is 0. The first-order chi connectivity index (χ1) is 13.4. The SMILES string of the molecule is CCOC(=O)c1c(C)[nH]c(C)c1C(=O)CN1CCN(c2ccc(F)cc2)CC1. The highest BCUT2D eigenvalue weighted by atomic mass is 19.1. The summed E-state index contributed by atoms with van der Waals surface area (Å²) in [7, 11) is 0. The first-order valence-electron chi connectivity index (χ1n) is 9.53. The molecule has 1 N–H and O–H groups in total. The molecule has 0 amide bonds. The molecule has 0 spiro atoms. The lowest BCUT2D eigenvalue weighted by atomic mass is 10.0. The van der Waals surface area contributed by atoms with Gasteiger partial charge in [0.2, 0.25) is 0 Å². The Labute approximate surface area is 164 Å². The van der Waals surface area contributed by atoms with Crippen molar-refractivity contribution in [2.75, 3.05) is 44.2 Å². The van der Waals surface area contributed by atoms with Gasteiger partial charge in [-0.3, -0.25) is 9.69 Å². The second-order valence-corrected chi connectivity index (χ2v) is 7.01. The molecule has 1 aromatic carbocycles. The van der Waals surface area contributed by atoms with Gasteiger partial charge in [0.05, 0.1) is 24.3 Å². The van der Waals surface area contributed by atoms with E-state index in [2.05, 4.69) is 14.8 Å². The molecular formula is C21H26FN3O3. The lowest BCUT2D eigenvalue weighted by Gasteiger charge is -2.35. The van der Waals surface area contributed by atoms with Crippen LogP contribution in [0.3, 0.4) is 0 Å². The highest BCUT2D eigenvalue weighted by molar-refractivity contribution is 6.09. The number of Topliss-reactive ketones (excluding diaryl/α,β-unsaturated/α-hetero) is 1. The predicted molar refractivity (Wildman–Crippen MR) is 106 cm³/mol. The predicted octanol–water partition coefficient (Wildman–Crippen LogP) is 2.95. The Bertz CT molecular complexity index is 853. The summed E-state index contributed by atoms with van der Waals surface area (Å²) in [5.41, 5.74) is 3.09. The van der Waals surface area contributed by atoms with Gasteiger partial charge in [-0.25, -0.2) is 9.18 Å². The summed E-state index contributed by atoms with van der Waals surface area (Å²) in [5.74, 6) is -0.795. The van der Waals surface area contributed by atoms with Crippen LogP contribution in [0.4, 0.5) is 10.1 Å². The van der Waals surface area contributed by atoms with Gasteiger partial charge >= 0.3 is 5.97 Å². The molecule has 2 heterocycles. The minimum absolute atomic E-state index is 0.0832. The fourth-order valence-corrected chi connectivity index (χ4v) is 3.69. The highest BCUT2D eigenvalue weighted by Gasteiger charge is 2.27.